The van der Waals surface area contributed by atoms with Crippen LogP contribution < -0.4 is 0 Å². The summed E-state index contributed by atoms with van der Waals surface area (Å²) in [5.74, 6) is 0. The van der Waals surface area contributed by atoms with E-state index in [0.717, 1.165) is 6.61 Å². The Kier molecular flexibility index (Phi) is 4.41. The van der Waals surface area contributed by atoms with Crippen molar-refractivity contribution in [3.8, 4) is 0 Å². The summed E-state index contributed by atoms with van der Waals surface area (Å²) >= 11 is 2.33. The molecule has 0 fully saturated rings. The third kappa shape index (κ3) is 3.78. The van der Waals surface area contributed by atoms with E-state index in [4.69, 9.17) is 4.43 Å². The summed E-state index contributed by atoms with van der Waals surface area (Å²) in [6.07, 6.45) is 0. The van der Waals surface area contributed by atoms with Crippen molar-refractivity contribution in [2.45, 2.75) is 26.6 Å². The predicted octanol–water partition coefficient (Wildman–Crippen LogP) is 3.10. The van der Waals surface area contributed by atoms with Crippen molar-refractivity contribution < 1.29 is 4.43 Å². The maximum Gasteiger partial charge on any atom is 0.171 e. The fourth-order valence-corrected chi connectivity index (χ4v) is 2.12. The van der Waals surface area contributed by atoms with Crippen LogP contribution in [0.4, 0.5) is 0 Å². The van der Waals surface area contributed by atoms with Gasteiger partial charge in [0.2, 0.25) is 0 Å². The van der Waals surface area contributed by atoms with Gasteiger partial charge in [-0.15, -0.1) is 0 Å². The highest BCUT2D eigenvalue weighted by molar-refractivity contribution is 14.1. The highest BCUT2D eigenvalue weighted by atomic mass is 127. The van der Waals surface area contributed by atoms with Crippen LogP contribution >= 0.6 is 22.6 Å². The molecular weight excluding hydrogens is 291 g/mol. The molecule has 0 radical (unpaired) electrons. The average Bonchev–Trinajstić information content (AvgIpc) is 2.06. The van der Waals surface area contributed by atoms with E-state index in [-0.39, 0.29) is 0 Å². The second-order valence-electron chi connectivity index (χ2n) is 3.43. The van der Waals surface area contributed by atoms with Crippen molar-refractivity contribution in [3.63, 3.8) is 0 Å². The van der Waals surface area contributed by atoms with Gasteiger partial charge in [-0.2, -0.15) is 0 Å². The van der Waals surface area contributed by atoms with Gasteiger partial charge in [0.05, 0.1) is 6.61 Å². The first-order valence-corrected chi connectivity index (χ1v) is 8.32. The van der Waals surface area contributed by atoms with E-state index in [1.165, 1.54) is 14.7 Å². The molecule has 0 spiro atoms. The Hall–Kier alpha value is 0.127. The molecule has 1 aromatic carbocycles. The molecule has 13 heavy (non-hydrogen) atoms. The van der Waals surface area contributed by atoms with Crippen LogP contribution in [0.3, 0.4) is 0 Å². The van der Waals surface area contributed by atoms with E-state index in [2.05, 4.69) is 60.8 Å². The molecule has 3 heteroatoms. The molecule has 0 saturated heterocycles. The Balaban J connectivity index is 2.70. The van der Waals surface area contributed by atoms with Crippen LogP contribution in [0.1, 0.15) is 11.1 Å². The Morgan fingerprint density at radius 2 is 2.08 bits per heavy atom. The van der Waals surface area contributed by atoms with Gasteiger partial charge in [-0.1, -0.05) is 6.07 Å². The highest BCUT2D eigenvalue weighted by Crippen LogP contribution is 2.14. The molecule has 0 aliphatic carbocycles. The molecule has 1 nitrogen and oxygen atoms in total. The Morgan fingerprint density at radius 3 is 2.69 bits per heavy atom. The third-order valence-electron chi connectivity index (χ3n) is 1.88. The van der Waals surface area contributed by atoms with Gasteiger partial charge >= 0.3 is 0 Å². The van der Waals surface area contributed by atoms with Crippen LogP contribution in [0.5, 0.6) is 0 Å². The van der Waals surface area contributed by atoms with Gasteiger partial charge < -0.3 is 4.43 Å². The lowest BCUT2D eigenvalue weighted by Gasteiger charge is -2.09. The zero-order valence-electron chi connectivity index (χ0n) is 8.30. The number of rotatable bonds is 3. The zero-order valence-corrected chi connectivity index (χ0v) is 11.6. The second-order valence-corrected chi connectivity index (χ2v) is 7.11. The van der Waals surface area contributed by atoms with Gasteiger partial charge in [0, 0.05) is 3.57 Å². The van der Waals surface area contributed by atoms with Crippen LogP contribution in [0.2, 0.25) is 13.1 Å². The molecule has 0 unspecified atom stereocenters. The first-order chi connectivity index (χ1) is 6.09. The number of hydrogen-bond acceptors (Lipinski definition) is 1. The molecule has 0 saturated carbocycles. The van der Waals surface area contributed by atoms with Crippen LogP contribution in [0.25, 0.3) is 0 Å². The van der Waals surface area contributed by atoms with Crippen LogP contribution in [0.15, 0.2) is 18.2 Å². The van der Waals surface area contributed by atoms with E-state index in [0.29, 0.717) is 0 Å². The standard InChI is InChI=1S/C10H15IOSi/c1-8-4-5-10(11)6-9(8)7-12-13(2)3/h4-6,13H,7H2,1-3H3. The van der Waals surface area contributed by atoms with Gasteiger partial charge in [-0.05, 0) is 65.9 Å². The van der Waals surface area contributed by atoms with Gasteiger partial charge in [0.15, 0.2) is 9.04 Å². The summed E-state index contributed by atoms with van der Waals surface area (Å²) in [5, 5.41) is 0. The van der Waals surface area contributed by atoms with Crippen molar-refractivity contribution in [1.82, 2.24) is 0 Å². The lowest BCUT2D eigenvalue weighted by Crippen LogP contribution is -2.08. The number of hydrogen-bond donors (Lipinski definition) is 0. The van der Waals surface area contributed by atoms with E-state index in [9.17, 15) is 0 Å². The predicted molar refractivity (Wildman–Crippen MR) is 67.6 cm³/mol. The van der Waals surface area contributed by atoms with E-state index < -0.39 is 9.04 Å². The third-order valence-corrected chi connectivity index (χ3v) is 3.39. The first-order valence-electron chi connectivity index (χ1n) is 4.46. The van der Waals surface area contributed by atoms with Gasteiger partial charge in [0.1, 0.15) is 0 Å². The minimum Gasteiger partial charge on any atom is -0.416 e. The lowest BCUT2D eigenvalue weighted by molar-refractivity contribution is 0.313. The monoisotopic (exact) mass is 306 g/mol. The topological polar surface area (TPSA) is 9.23 Å². The average molecular weight is 306 g/mol. The molecule has 0 amide bonds. The van der Waals surface area contributed by atoms with Gasteiger partial charge in [-0.3, -0.25) is 0 Å². The molecule has 0 heterocycles. The van der Waals surface area contributed by atoms with Gasteiger partial charge in [-0.25, -0.2) is 0 Å². The summed E-state index contributed by atoms with van der Waals surface area (Å²) in [5.41, 5.74) is 2.66. The fraction of sp³-hybridized carbons (Fsp3) is 0.400. The van der Waals surface area contributed by atoms with Crippen LogP contribution in [-0.2, 0) is 11.0 Å². The second kappa shape index (κ2) is 5.12. The highest BCUT2D eigenvalue weighted by Gasteiger charge is 2.01. The van der Waals surface area contributed by atoms with Crippen molar-refractivity contribution >= 4 is 31.6 Å². The molecule has 0 aliphatic heterocycles. The largest absolute Gasteiger partial charge is 0.416 e. The summed E-state index contributed by atoms with van der Waals surface area (Å²) in [6.45, 7) is 7.32. The Bertz CT molecular complexity index is 286. The van der Waals surface area contributed by atoms with E-state index in [1.54, 1.807) is 0 Å². The molecule has 72 valence electrons. The number of aryl methyl sites for hydroxylation is 1. The van der Waals surface area contributed by atoms with Crippen molar-refractivity contribution in [2.75, 3.05) is 0 Å². The molecule has 0 aromatic heterocycles. The zero-order chi connectivity index (χ0) is 9.84. The fourth-order valence-electron chi connectivity index (χ4n) is 1.05. The summed E-state index contributed by atoms with van der Waals surface area (Å²) < 4.78 is 6.98. The Labute approximate surface area is 95.4 Å². The summed E-state index contributed by atoms with van der Waals surface area (Å²) in [6, 6.07) is 6.49. The van der Waals surface area contributed by atoms with Crippen molar-refractivity contribution in [3.05, 3.63) is 32.9 Å². The van der Waals surface area contributed by atoms with Crippen LogP contribution in [0, 0.1) is 10.5 Å². The minimum absolute atomic E-state index is 0.784. The summed E-state index contributed by atoms with van der Waals surface area (Å²) in [7, 11) is -0.879. The minimum atomic E-state index is -0.879. The normalized spacial score (nSPS) is 10.8. The van der Waals surface area contributed by atoms with Gasteiger partial charge in [0.25, 0.3) is 0 Å². The molecule has 0 bridgehead atoms. The maximum absolute atomic E-state index is 5.70. The number of halogens is 1. The molecular formula is C10H15IOSi. The smallest absolute Gasteiger partial charge is 0.171 e. The number of benzene rings is 1. The Morgan fingerprint density at radius 1 is 1.38 bits per heavy atom. The van der Waals surface area contributed by atoms with Crippen molar-refractivity contribution in [2.24, 2.45) is 0 Å². The SMILES string of the molecule is Cc1ccc(I)cc1CO[SiH](C)C. The van der Waals surface area contributed by atoms with Crippen molar-refractivity contribution in [1.29, 1.82) is 0 Å². The van der Waals surface area contributed by atoms with Crippen LogP contribution in [-0.4, -0.2) is 9.04 Å². The molecule has 0 atom stereocenters. The molecule has 1 aromatic rings. The molecule has 1 rings (SSSR count). The summed E-state index contributed by atoms with van der Waals surface area (Å²) in [4.78, 5) is 0. The first kappa shape index (κ1) is 11.2. The van der Waals surface area contributed by atoms with E-state index >= 15 is 0 Å². The van der Waals surface area contributed by atoms with E-state index in [1.807, 2.05) is 0 Å². The lowest BCUT2D eigenvalue weighted by atomic mass is 10.1. The maximum atomic E-state index is 5.70. The molecule has 0 N–H and O–H groups in total. The quantitative estimate of drug-likeness (QED) is 0.616. The molecule has 0 aliphatic rings.